The van der Waals surface area contributed by atoms with Gasteiger partial charge >= 0.3 is 0 Å². The molecule has 0 aliphatic carbocycles. The highest BCUT2D eigenvalue weighted by molar-refractivity contribution is 5.81. The maximum absolute atomic E-state index is 12.2. The molecule has 3 heterocycles. The van der Waals surface area contributed by atoms with Crippen LogP contribution in [0.2, 0.25) is 0 Å². The summed E-state index contributed by atoms with van der Waals surface area (Å²) in [7, 11) is 0. The number of hydrogen-bond acceptors (Lipinski definition) is 3. The minimum absolute atomic E-state index is 0.0340. The topological polar surface area (TPSA) is 38.8 Å². The molecule has 3 aliphatic heterocycles. The number of hydrogen-bond donors (Lipinski definition) is 0. The van der Waals surface area contributed by atoms with E-state index >= 15 is 0 Å². The molecule has 0 aromatic heterocycles. The maximum Gasteiger partial charge on any atom is 0.251 e. The van der Waals surface area contributed by atoms with Gasteiger partial charge in [-0.2, -0.15) is 0 Å². The van der Waals surface area contributed by atoms with Crippen LogP contribution in [0.15, 0.2) is 0 Å². The Hall–Kier alpha value is -0.610. The fourth-order valence-electron chi connectivity index (χ4n) is 3.37. The number of carbonyl (C=O) groups is 1. The van der Waals surface area contributed by atoms with E-state index in [0.29, 0.717) is 5.92 Å². The summed E-state index contributed by atoms with van der Waals surface area (Å²) < 4.78 is 11.4. The lowest BCUT2D eigenvalue weighted by Gasteiger charge is -2.24. The second-order valence-electron chi connectivity index (χ2n) is 5.81. The zero-order valence-corrected chi connectivity index (χ0v) is 10.5. The van der Waals surface area contributed by atoms with Crippen LogP contribution in [0.25, 0.3) is 0 Å². The number of carbonyl (C=O) groups excluding carboxylic acids is 1. The molecule has 3 atom stereocenters. The highest BCUT2D eigenvalue weighted by Gasteiger charge is 2.46. The Morgan fingerprint density at radius 1 is 1.47 bits per heavy atom. The van der Waals surface area contributed by atoms with E-state index < -0.39 is 0 Å². The molecule has 0 saturated carbocycles. The van der Waals surface area contributed by atoms with Gasteiger partial charge in [-0.05, 0) is 31.6 Å². The Bertz CT molecular complexity index is 314. The fraction of sp³-hybridized carbons (Fsp3) is 0.923. The van der Waals surface area contributed by atoms with E-state index in [1.807, 2.05) is 4.90 Å². The van der Waals surface area contributed by atoms with Crippen LogP contribution in [-0.2, 0) is 14.3 Å². The molecule has 3 saturated heterocycles. The van der Waals surface area contributed by atoms with Gasteiger partial charge in [0.15, 0.2) is 0 Å². The first kappa shape index (κ1) is 11.5. The number of amides is 1. The molecule has 3 rings (SSSR count). The Balaban J connectivity index is 1.61. The van der Waals surface area contributed by atoms with E-state index in [2.05, 4.69) is 6.92 Å². The van der Waals surface area contributed by atoms with E-state index in [4.69, 9.17) is 9.47 Å². The minimum atomic E-state index is -0.177. The zero-order valence-electron chi connectivity index (χ0n) is 10.5. The van der Waals surface area contributed by atoms with Crippen molar-refractivity contribution in [3.05, 3.63) is 0 Å². The summed E-state index contributed by atoms with van der Waals surface area (Å²) in [5.41, 5.74) is -0.0340. The first-order chi connectivity index (χ1) is 8.19. The predicted molar refractivity (Wildman–Crippen MR) is 62.6 cm³/mol. The summed E-state index contributed by atoms with van der Waals surface area (Å²) in [5, 5.41) is 0. The molecule has 1 amide bonds. The molecule has 0 aromatic carbocycles. The molecule has 0 aromatic rings. The van der Waals surface area contributed by atoms with Crippen molar-refractivity contribution in [3.8, 4) is 0 Å². The molecule has 0 N–H and O–H groups in total. The second kappa shape index (κ2) is 4.25. The van der Waals surface area contributed by atoms with Crippen molar-refractivity contribution in [1.82, 2.24) is 4.90 Å². The smallest absolute Gasteiger partial charge is 0.251 e. The van der Waals surface area contributed by atoms with Crippen molar-refractivity contribution in [2.75, 3.05) is 26.3 Å². The van der Waals surface area contributed by atoms with Crippen LogP contribution in [0.5, 0.6) is 0 Å². The third kappa shape index (κ3) is 2.08. The van der Waals surface area contributed by atoms with Crippen molar-refractivity contribution in [2.24, 2.45) is 5.92 Å². The maximum atomic E-state index is 12.2. The number of rotatable bonds is 1. The molecule has 96 valence electrons. The molecular formula is C13H21NO3. The second-order valence-corrected chi connectivity index (χ2v) is 5.81. The van der Waals surface area contributed by atoms with Gasteiger partial charge in [0.05, 0.1) is 12.2 Å². The average Bonchev–Trinajstić information content (AvgIpc) is 3.02. The van der Waals surface area contributed by atoms with Crippen molar-refractivity contribution in [1.29, 1.82) is 0 Å². The monoisotopic (exact) mass is 239 g/mol. The van der Waals surface area contributed by atoms with Gasteiger partial charge in [0.1, 0.15) is 6.10 Å². The van der Waals surface area contributed by atoms with Crippen LogP contribution in [0, 0.1) is 5.92 Å². The summed E-state index contributed by atoms with van der Waals surface area (Å²) in [6.45, 7) is 5.42. The van der Waals surface area contributed by atoms with Crippen LogP contribution >= 0.6 is 0 Å². The van der Waals surface area contributed by atoms with Crippen molar-refractivity contribution >= 4 is 5.91 Å². The number of likely N-dealkylation sites (tertiary alicyclic amines) is 1. The minimum Gasteiger partial charge on any atom is -0.373 e. The highest BCUT2D eigenvalue weighted by Crippen LogP contribution is 2.38. The van der Waals surface area contributed by atoms with E-state index in [9.17, 15) is 4.79 Å². The van der Waals surface area contributed by atoms with Gasteiger partial charge < -0.3 is 14.4 Å². The Labute approximate surface area is 102 Å². The van der Waals surface area contributed by atoms with Crippen LogP contribution in [-0.4, -0.2) is 48.8 Å². The van der Waals surface area contributed by atoms with E-state index in [0.717, 1.165) is 52.0 Å². The van der Waals surface area contributed by atoms with E-state index in [1.165, 1.54) is 0 Å². The van der Waals surface area contributed by atoms with Crippen molar-refractivity contribution in [3.63, 3.8) is 0 Å². The molecule has 3 fully saturated rings. The molecule has 3 aliphatic rings. The fourth-order valence-corrected chi connectivity index (χ4v) is 3.37. The molecule has 4 heteroatoms. The quantitative estimate of drug-likeness (QED) is 0.690. The molecule has 4 nitrogen and oxygen atoms in total. The molecule has 17 heavy (non-hydrogen) atoms. The third-order valence-electron chi connectivity index (χ3n) is 4.23. The van der Waals surface area contributed by atoms with E-state index in [1.54, 1.807) is 0 Å². The predicted octanol–water partition coefficient (Wildman–Crippen LogP) is 1.19. The van der Waals surface area contributed by atoms with Gasteiger partial charge in [0, 0.05) is 19.7 Å². The highest BCUT2D eigenvalue weighted by atomic mass is 16.5. The first-order valence-corrected chi connectivity index (χ1v) is 6.73. The zero-order chi connectivity index (χ0) is 11.9. The van der Waals surface area contributed by atoms with Gasteiger partial charge in [-0.1, -0.05) is 6.92 Å². The summed E-state index contributed by atoms with van der Waals surface area (Å²) in [6, 6.07) is 0. The van der Waals surface area contributed by atoms with Gasteiger partial charge in [-0.15, -0.1) is 0 Å². The Morgan fingerprint density at radius 2 is 2.35 bits per heavy atom. The molecule has 1 spiro atoms. The van der Waals surface area contributed by atoms with Crippen LogP contribution in [0.4, 0.5) is 0 Å². The Morgan fingerprint density at radius 3 is 3.00 bits per heavy atom. The van der Waals surface area contributed by atoms with Crippen LogP contribution < -0.4 is 0 Å². The van der Waals surface area contributed by atoms with E-state index in [-0.39, 0.29) is 17.6 Å². The Kier molecular flexibility index (Phi) is 2.87. The molecule has 0 unspecified atom stereocenters. The van der Waals surface area contributed by atoms with Gasteiger partial charge in [0.25, 0.3) is 5.91 Å². The van der Waals surface area contributed by atoms with Crippen LogP contribution in [0.1, 0.15) is 32.6 Å². The van der Waals surface area contributed by atoms with Crippen LogP contribution in [0.3, 0.4) is 0 Å². The standard InChI is InChI=1S/C13H21NO3/c1-10-7-13(17-8-10)4-5-14(9-13)12(15)11-3-2-6-16-11/h10-11H,2-9H2,1H3/t10-,11-,13+/m0/s1. The first-order valence-electron chi connectivity index (χ1n) is 6.73. The SMILES string of the molecule is C[C@@H]1CO[C@]2(CCN(C(=O)[C@@H]3CCCO3)C2)C1. The lowest BCUT2D eigenvalue weighted by molar-refractivity contribution is -0.140. The van der Waals surface area contributed by atoms with Crippen molar-refractivity contribution in [2.45, 2.75) is 44.3 Å². The largest absolute Gasteiger partial charge is 0.373 e. The molecule has 0 radical (unpaired) electrons. The average molecular weight is 239 g/mol. The number of nitrogens with zero attached hydrogens (tertiary/aromatic N) is 1. The lowest BCUT2D eigenvalue weighted by Crippen LogP contribution is -2.40. The summed E-state index contributed by atoms with van der Waals surface area (Å²) >= 11 is 0. The normalized spacial score (nSPS) is 41.6. The molecule has 0 bridgehead atoms. The van der Waals surface area contributed by atoms with Gasteiger partial charge in [0.2, 0.25) is 0 Å². The van der Waals surface area contributed by atoms with Gasteiger partial charge in [-0.25, -0.2) is 0 Å². The summed E-state index contributed by atoms with van der Waals surface area (Å²) in [5.74, 6) is 0.815. The van der Waals surface area contributed by atoms with Crippen molar-refractivity contribution < 1.29 is 14.3 Å². The lowest BCUT2D eigenvalue weighted by atomic mass is 9.94. The summed E-state index contributed by atoms with van der Waals surface area (Å²) in [6.07, 6.45) is 3.82. The number of ether oxygens (including phenoxy) is 2. The van der Waals surface area contributed by atoms with Gasteiger partial charge in [-0.3, -0.25) is 4.79 Å². The molecular weight excluding hydrogens is 218 g/mol. The summed E-state index contributed by atoms with van der Waals surface area (Å²) in [4.78, 5) is 14.2. The third-order valence-corrected chi connectivity index (χ3v) is 4.23.